The van der Waals surface area contributed by atoms with Gasteiger partial charge in [-0.15, -0.1) is 0 Å². The van der Waals surface area contributed by atoms with Crippen molar-refractivity contribution in [3.8, 4) is 11.5 Å². The first kappa shape index (κ1) is 20.2. The Morgan fingerprint density at radius 2 is 1.72 bits per heavy atom. The molecule has 0 aliphatic carbocycles. The minimum atomic E-state index is -1.30. The quantitative estimate of drug-likeness (QED) is 0.729. The van der Waals surface area contributed by atoms with Gasteiger partial charge in [0.25, 0.3) is 11.8 Å². The predicted molar refractivity (Wildman–Crippen MR) is 105 cm³/mol. The monoisotopic (exact) mass is 397 g/mol. The minimum absolute atomic E-state index is 0.335. The number of nitrogens with zero attached hydrogens (tertiary/aromatic N) is 1. The number of nitrogens with one attached hydrogen (secondary N) is 2. The van der Waals surface area contributed by atoms with Crippen molar-refractivity contribution in [2.45, 2.75) is 26.3 Å². The number of urea groups is 1. The molecule has 0 unspecified atom stereocenters. The molecule has 0 aromatic heterocycles. The molecular formula is C21H23N3O5. The number of hydrazine groups is 1. The molecule has 8 heteroatoms. The number of hydrogen-bond donors (Lipinski definition) is 2. The third-order valence-electron chi connectivity index (χ3n) is 4.94. The van der Waals surface area contributed by atoms with Crippen LogP contribution in [0.1, 0.15) is 23.6 Å². The van der Waals surface area contributed by atoms with Gasteiger partial charge >= 0.3 is 6.03 Å². The molecule has 2 N–H and O–H groups in total. The highest BCUT2D eigenvalue weighted by molar-refractivity contribution is 6.08. The van der Waals surface area contributed by atoms with Gasteiger partial charge in [-0.25, -0.2) is 4.79 Å². The maximum Gasteiger partial charge on any atom is 0.344 e. The zero-order chi connectivity index (χ0) is 21.2. The van der Waals surface area contributed by atoms with Crippen LogP contribution >= 0.6 is 0 Å². The largest absolute Gasteiger partial charge is 0.497 e. The van der Waals surface area contributed by atoms with Gasteiger partial charge in [0.2, 0.25) is 0 Å². The molecule has 0 bridgehead atoms. The molecule has 1 fully saturated rings. The summed E-state index contributed by atoms with van der Waals surface area (Å²) in [7, 11) is 1.54. The van der Waals surface area contributed by atoms with Gasteiger partial charge in [-0.3, -0.25) is 15.0 Å². The van der Waals surface area contributed by atoms with E-state index in [1.165, 1.54) is 7.11 Å². The molecule has 0 spiro atoms. The number of rotatable bonds is 6. The summed E-state index contributed by atoms with van der Waals surface area (Å²) in [5.41, 5.74) is 3.72. The first-order valence-corrected chi connectivity index (χ1v) is 9.05. The SMILES string of the molecule is COc1ccc([C@]2(C)NC(=O)N(NC(=O)COc3ccc(C)c(C)c3)C2=O)cc1. The highest BCUT2D eigenvalue weighted by Gasteiger charge is 2.50. The molecule has 3 rings (SSSR count). The summed E-state index contributed by atoms with van der Waals surface area (Å²) >= 11 is 0. The van der Waals surface area contributed by atoms with Gasteiger partial charge in [0, 0.05) is 0 Å². The molecule has 1 aliphatic rings. The summed E-state index contributed by atoms with van der Waals surface area (Å²) in [4.78, 5) is 37.4. The van der Waals surface area contributed by atoms with E-state index in [1.807, 2.05) is 26.0 Å². The van der Waals surface area contributed by atoms with Crippen LogP contribution in [0.5, 0.6) is 11.5 Å². The molecule has 1 aliphatic heterocycles. The van der Waals surface area contributed by atoms with Crippen molar-refractivity contribution in [2.24, 2.45) is 0 Å². The second kappa shape index (κ2) is 7.83. The fraction of sp³-hybridized carbons (Fsp3) is 0.286. The number of imide groups is 1. The number of aryl methyl sites for hydroxylation is 2. The molecule has 2 aromatic carbocycles. The Hall–Kier alpha value is -3.55. The lowest BCUT2D eigenvalue weighted by Gasteiger charge is -2.22. The first-order chi connectivity index (χ1) is 13.7. The lowest BCUT2D eigenvalue weighted by Crippen LogP contribution is -2.49. The lowest BCUT2D eigenvalue weighted by molar-refractivity contribution is -0.139. The van der Waals surface area contributed by atoms with Crippen molar-refractivity contribution in [1.82, 2.24) is 15.8 Å². The van der Waals surface area contributed by atoms with E-state index in [4.69, 9.17) is 9.47 Å². The van der Waals surface area contributed by atoms with Crippen LogP contribution in [0, 0.1) is 13.8 Å². The summed E-state index contributed by atoms with van der Waals surface area (Å²) in [5.74, 6) is -0.0517. The third kappa shape index (κ3) is 4.01. The normalized spacial score (nSPS) is 18.4. The molecule has 1 atom stereocenters. The van der Waals surface area contributed by atoms with E-state index in [0.717, 1.165) is 11.1 Å². The molecule has 29 heavy (non-hydrogen) atoms. The van der Waals surface area contributed by atoms with Gasteiger partial charge in [-0.1, -0.05) is 18.2 Å². The summed E-state index contributed by atoms with van der Waals surface area (Å²) < 4.78 is 10.6. The molecular weight excluding hydrogens is 374 g/mol. The molecule has 0 saturated carbocycles. The van der Waals surface area contributed by atoms with Crippen LogP contribution in [0.15, 0.2) is 42.5 Å². The van der Waals surface area contributed by atoms with Crippen molar-refractivity contribution < 1.29 is 23.9 Å². The first-order valence-electron chi connectivity index (χ1n) is 9.05. The highest BCUT2D eigenvalue weighted by atomic mass is 16.5. The Bertz CT molecular complexity index is 957. The second-order valence-electron chi connectivity index (χ2n) is 6.99. The molecule has 152 valence electrons. The Kier molecular flexibility index (Phi) is 5.45. The minimum Gasteiger partial charge on any atom is -0.497 e. The van der Waals surface area contributed by atoms with Crippen molar-refractivity contribution in [2.75, 3.05) is 13.7 Å². The van der Waals surface area contributed by atoms with Crippen LogP contribution in [-0.4, -0.2) is 36.6 Å². The number of benzene rings is 2. The van der Waals surface area contributed by atoms with E-state index >= 15 is 0 Å². The van der Waals surface area contributed by atoms with Crippen LogP contribution in [0.2, 0.25) is 0 Å². The van der Waals surface area contributed by atoms with E-state index in [9.17, 15) is 14.4 Å². The predicted octanol–water partition coefficient (Wildman–Crippen LogP) is 2.19. The standard InChI is InChI=1S/C21H23N3O5/c1-13-5-8-17(11-14(13)2)29-12-18(25)23-24-19(26)21(3,22-20(24)27)15-6-9-16(28-4)10-7-15/h5-11H,12H2,1-4H3,(H,22,27)(H,23,25)/t21-/m0/s1. The van der Waals surface area contributed by atoms with Crippen molar-refractivity contribution >= 4 is 17.8 Å². The molecule has 2 aromatic rings. The second-order valence-corrected chi connectivity index (χ2v) is 6.99. The summed E-state index contributed by atoms with van der Waals surface area (Å²) in [6.07, 6.45) is 0. The van der Waals surface area contributed by atoms with Gasteiger partial charge < -0.3 is 14.8 Å². The molecule has 0 radical (unpaired) electrons. The van der Waals surface area contributed by atoms with Gasteiger partial charge in [-0.2, -0.15) is 5.01 Å². The smallest absolute Gasteiger partial charge is 0.344 e. The maximum absolute atomic E-state index is 12.8. The number of ether oxygens (including phenoxy) is 2. The van der Waals surface area contributed by atoms with Crippen molar-refractivity contribution in [3.63, 3.8) is 0 Å². The van der Waals surface area contributed by atoms with Crippen LogP contribution in [-0.2, 0) is 15.1 Å². The highest BCUT2D eigenvalue weighted by Crippen LogP contribution is 2.29. The van der Waals surface area contributed by atoms with Gasteiger partial charge in [-0.05, 0) is 61.7 Å². The van der Waals surface area contributed by atoms with E-state index in [2.05, 4.69) is 10.7 Å². The van der Waals surface area contributed by atoms with E-state index in [1.54, 1.807) is 37.3 Å². The number of amides is 4. The Balaban J connectivity index is 1.65. The van der Waals surface area contributed by atoms with E-state index in [-0.39, 0.29) is 6.61 Å². The Labute approximate surface area is 168 Å². The maximum atomic E-state index is 12.8. The molecule has 4 amide bonds. The average Bonchev–Trinajstić information content (AvgIpc) is 2.93. The number of carbonyl (C=O) groups excluding carboxylic acids is 3. The average molecular weight is 397 g/mol. The number of hydrogen-bond acceptors (Lipinski definition) is 5. The number of methoxy groups -OCH3 is 1. The topological polar surface area (TPSA) is 97.0 Å². The van der Waals surface area contributed by atoms with E-state index < -0.39 is 23.4 Å². The van der Waals surface area contributed by atoms with Crippen molar-refractivity contribution in [1.29, 1.82) is 0 Å². The van der Waals surface area contributed by atoms with Crippen LogP contribution < -0.4 is 20.2 Å². The lowest BCUT2D eigenvalue weighted by atomic mass is 9.92. The summed E-state index contributed by atoms with van der Waals surface area (Å²) in [5, 5.41) is 3.29. The molecule has 1 saturated heterocycles. The summed E-state index contributed by atoms with van der Waals surface area (Å²) in [6, 6.07) is 11.5. The molecule has 8 nitrogen and oxygen atoms in total. The zero-order valence-corrected chi connectivity index (χ0v) is 16.7. The van der Waals surface area contributed by atoms with Crippen LogP contribution in [0.3, 0.4) is 0 Å². The molecule has 1 heterocycles. The zero-order valence-electron chi connectivity index (χ0n) is 16.7. The third-order valence-corrected chi connectivity index (χ3v) is 4.94. The van der Waals surface area contributed by atoms with Gasteiger partial charge in [0.05, 0.1) is 7.11 Å². The van der Waals surface area contributed by atoms with Gasteiger partial charge in [0.1, 0.15) is 17.0 Å². The number of carbonyl (C=O) groups is 3. The Morgan fingerprint density at radius 1 is 1.07 bits per heavy atom. The van der Waals surface area contributed by atoms with Crippen molar-refractivity contribution in [3.05, 3.63) is 59.2 Å². The fourth-order valence-corrected chi connectivity index (χ4v) is 2.97. The summed E-state index contributed by atoms with van der Waals surface area (Å²) in [6.45, 7) is 5.16. The van der Waals surface area contributed by atoms with Gasteiger partial charge in [0.15, 0.2) is 6.61 Å². The fourth-order valence-electron chi connectivity index (χ4n) is 2.97. The van der Waals surface area contributed by atoms with Crippen LogP contribution in [0.25, 0.3) is 0 Å². The van der Waals surface area contributed by atoms with Crippen LogP contribution in [0.4, 0.5) is 4.79 Å². The van der Waals surface area contributed by atoms with E-state index in [0.29, 0.717) is 22.1 Å². The Morgan fingerprint density at radius 3 is 2.34 bits per heavy atom.